The molecule has 3 aromatic rings. The highest BCUT2D eigenvalue weighted by Gasteiger charge is 2.21. The fourth-order valence-corrected chi connectivity index (χ4v) is 3.55. The number of rotatable bonds is 4. The Morgan fingerprint density at radius 3 is 2.46 bits per heavy atom. The van der Waals surface area contributed by atoms with Crippen LogP contribution in [-0.2, 0) is 21.2 Å². The number of aromatic nitrogens is 2. The molecule has 0 radical (unpaired) electrons. The fraction of sp³-hybridized carbons (Fsp3) is 0.167. The van der Waals surface area contributed by atoms with E-state index in [1.807, 2.05) is 12.1 Å². The summed E-state index contributed by atoms with van der Waals surface area (Å²) < 4.78 is 24.1. The average molecular weight is 370 g/mol. The lowest BCUT2D eigenvalue weighted by molar-refractivity contribution is -0.116. The van der Waals surface area contributed by atoms with Gasteiger partial charge in [-0.25, -0.2) is 18.4 Å². The highest BCUT2D eigenvalue weighted by atomic mass is 32.2. The van der Waals surface area contributed by atoms with E-state index in [-0.39, 0.29) is 17.3 Å². The van der Waals surface area contributed by atoms with E-state index in [4.69, 9.17) is 5.73 Å². The Kier molecular flexibility index (Phi) is 4.60. The molecule has 0 aliphatic heterocycles. The van der Waals surface area contributed by atoms with E-state index < -0.39 is 9.84 Å². The van der Waals surface area contributed by atoms with Gasteiger partial charge in [-0.05, 0) is 36.4 Å². The molecule has 2 N–H and O–H groups in total. The standard InChI is InChI=1S/C18H18N4O3S/c1-12(23)22(15-5-3-4-6-16(15)26(2,24)25)11-14-9-7-13-8-10-17(19)21-18(13)20-14/h3-10H,11H2,1-2H3,(H2,19,20,21). The van der Waals surface area contributed by atoms with Crippen LogP contribution in [0.15, 0.2) is 53.4 Å². The van der Waals surface area contributed by atoms with Crippen molar-refractivity contribution in [1.29, 1.82) is 0 Å². The Balaban J connectivity index is 2.05. The Morgan fingerprint density at radius 2 is 1.77 bits per heavy atom. The molecular weight excluding hydrogens is 352 g/mol. The molecule has 0 aliphatic carbocycles. The fourth-order valence-electron chi connectivity index (χ4n) is 2.66. The Hall–Kier alpha value is -3.00. The number of carbonyl (C=O) groups is 1. The van der Waals surface area contributed by atoms with Gasteiger partial charge in [-0.1, -0.05) is 12.1 Å². The van der Waals surface area contributed by atoms with E-state index in [9.17, 15) is 13.2 Å². The third kappa shape index (κ3) is 3.65. The molecule has 0 aliphatic rings. The van der Waals surface area contributed by atoms with Crippen LogP contribution in [0.2, 0.25) is 0 Å². The van der Waals surface area contributed by atoms with Crippen molar-refractivity contribution < 1.29 is 13.2 Å². The van der Waals surface area contributed by atoms with Crippen LogP contribution >= 0.6 is 0 Å². The number of nitrogens with zero attached hydrogens (tertiary/aromatic N) is 3. The van der Waals surface area contributed by atoms with E-state index >= 15 is 0 Å². The lowest BCUT2D eigenvalue weighted by Crippen LogP contribution is -2.29. The van der Waals surface area contributed by atoms with E-state index in [1.165, 1.54) is 17.9 Å². The number of sulfone groups is 1. The first-order valence-corrected chi connectivity index (χ1v) is 9.74. The second kappa shape index (κ2) is 6.72. The zero-order chi connectivity index (χ0) is 18.9. The van der Waals surface area contributed by atoms with Gasteiger partial charge >= 0.3 is 0 Å². The molecule has 1 amide bonds. The normalized spacial score (nSPS) is 11.5. The van der Waals surface area contributed by atoms with Crippen LogP contribution in [0.3, 0.4) is 0 Å². The number of nitrogen functional groups attached to an aromatic ring is 1. The molecule has 2 aromatic heterocycles. The summed E-state index contributed by atoms with van der Waals surface area (Å²) in [5.41, 5.74) is 7.08. The van der Waals surface area contributed by atoms with Crippen molar-refractivity contribution in [3.05, 3.63) is 54.2 Å². The first kappa shape index (κ1) is 17.8. The van der Waals surface area contributed by atoms with Crippen molar-refractivity contribution >= 4 is 38.3 Å². The topological polar surface area (TPSA) is 106 Å². The number of anilines is 2. The zero-order valence-corrected chi connectivity index (χ0v) is 15.2. The SMILES string of the molecule is CC(=O)N(Cc1ccc2ccc(N)nc2n1)c1ccccc1S(C)(=O)=O. The zero-order valence-electron chi connectivity index (χ0n) is 14.4. The highest BCUT2D eigenvalue weighted by Crippen LogP contribution is 2.26. The van der Waals surface area contributed by atoms with Gasteiger partial charge in [0.1, 0.15) is 5.82 Å². The molecule has 3 rings (SSSR count). The first-order valence-electron chi connectivity index (χ1n) is 7.85. The van der Waals surface area contributed by atoms with Crippen LogP contribution in [0.25, 0.3) is 11.0 Å². The van der Waals surface area contributed by atoms with E-state index in [2.05, 4.69) is 9.97 Å². The smallest absolute Gasteiger partial charge is 0.224 e. The lowest BCUT2D eigenvalue weighted by atomic mass is 10.2. The van der Waals surface area contributed by atoms with Crippen molar-refractivity contribution in [2.75, 3.05) is 16.9 Å². The second-order valence-electron chi connectivity index (χ2n) is 5.93. The number of fused-ring (bicyclic) bond motifs is 1. The van der Waals surface area contributed by atoms with E-state index in [0.717, 1.165) is 11.6 Å². The molecule has 134 valence electrons. The summed E-state index contributed by atoms with van der Waals surface area (Å²) in [5, 5.41) is 0.828. The van der Waals surface area contributed by atoms with Crippen molar-refractivity contribution in [2.45, 2.75) is 18.4 Å². The van der Waals surface area contributed by atoms with E-state index in [0.29, 0.717) is 22.8 Å². The Morgan fingerprint density at radius 1 is 1.08 bits per heavy atom. The summed E-state index contributed by atoms with van der Waals surface area (Å²) in [5.74, 6) is 0.0662. The molecule has 0 fully saturated rings. The molecular formula is C18H18N4O3S. The number of benzene rings is 1. The predicted octanol–water partition coefficient (Wildman–Crippen LogP) is 2.17. The number of amides is 1. The summed E-state index contributed by atoms with van der Waals surface area (Å²) in [6.45, 7) is 1.50. The largest absolute Gasteiger partial charge is 0.384 e. The third-order valence-electron chi connectivity index (χ3n) is 3.89. The van der Waals surface area contributed by atoms with Crippen LogP contribution in [0.4, 0.5) is 11.5 Å². The number of para-hydroxylation sites is 1. The second-order valence-corrected chi connectivity index (χ2v) is 7.91. The third-order valence-corrected chi connectivity index (χ3v) is 5.03. The average Bonchev–Trinajstić information content (AvgIpc) is 2.58. The first-order chi connectivity index (χ1) is 12.3. The number of nitrogens with two attached hydrogens (primary N) is 1. The molecule has 0 spiro atoms. The van der Waals surface area contributed by atoms with Crippen LogP contribution < -0.4 is 10.6 Å². The summed E-state index contributed by atoms with van der Waals surface area (Å²) in [6, 6.07) is 13.5. The van der Waals surface area contributed by atoms with Crippen LogP contribution in [-0.4, -0.2) is 30.5 Å². The minimum absolute atomic E-state index is 0.0957. The maximum atomic E-state index is 12.2. The van der Waals surface area contributed by atoms with Crippen molar-refractivity contribution in [3.8, 4) is 0 Å². The molecule has 0 bridgehead atoms. The molecule has 1 aromatic carbocycles. The van der Waals surface area contributed by atoms with Crippen molar-refractivity contribution in [2.24, 2.45) is 0 Å². The van der Waals surface area contributed by atoms with Gasteiger partial charge in [0.2, 0.25) is 5.91 Å². The Bertz CT molecular complexity index is 1100. The maximum absolute atomic E-state index is 12.2. The van der Waals surface area contributed by atoms with Gasteiger partial charge in [0.05, 0.1) is 22.8 Å². The molecule has 0 saturated heterocycles. The van der Waals surface area contributed by atoms with Gasteiger partial charge in [0, 0.05) is 18.6 Å². The summed E-state index contributed by atoms with van der Waals surface area (Å²) >= 11 is 0. The van der Waals surface area contributed by atoms with Gasteiger partial charge in [0.15, 0.2) is 15.5 Å². The summed E-state index contributed by atoms with van der Waals surface area (Å²) in [4.78, 5) is 22.3. The quantitative estimate of drug-likeness (QED) is 0.754. The molecule has 26 heavy (non-hydrogen) atoms. The Labute approximate surface area is 151 Å². The minimum atomic E-state index is -3.49. The molecule has 8 heteroatoms. The molecule has 0 saturated carbocycles. The van der Waals surface area contributed by atoms with E-state index in [1.54, 1.807) is 30.3 Å². The number of hydrogen-bond donors (Lipinski definition) is 1. The van der Waals surface area contributed by atoms with Crippen LogP contribution in [0, 0.1) is 0 Å². The molecule has 0 atom stereocenters. The summed E-state index contributed by atoms with van der Waals surface area (Å²) in [6.07, 6.45) is 1.12. The van der Waals surface area contributed by atoms with Gasteiger partial charge in [0.25, 0.3) is 0 Å². The van der Waals surface area contributed by atoms with Crippen molar-refractivity contribution in [3.63, 3.8) is 0 Å². The van der Waals surface area contributed by atoms with Crippen LogP contribution in [0.5, 0.6) is 0 Å². The van der Waals surface area contributed by atoms with Gasteiger partial charge in [-0.3, -0.25) is 4.79 Å². The number of pyridine rings is 2. The van der Waals surface area contributed by atoms with Crippen LogP contribution in [0.1, 0.15) is 12.6 Å². The van der Waals surface area contributed by atoms with Gasteiger partial charge in [-0.15, -0.1) is 0 Å². The van der Waals surface area contributed by atoms with Gasteiger partial charge < -0.3 is 10.6 Å². The van der Waals surface area contributed by atoms with Gasteiger partial charge in [-0.2, -0.15) is 0 Å². The molecule has 0 unspecified atom stereocenters. The minimum Gasteiger partial charge on any atom is -0.384 e. The number of hydrogen-bond acceptors (Lipinski definition) is 6. The summed E-state index contributed by atoms with van der Waals surface area (Å²) in [7, 11) is -3.49. The van der Waals surface area contributed by atoms with Crippen molar-refractivity contribution in [1.82, 2.24) is 9.97 Å². The monoisotopic (exact) mass is 370 g/mol. The highest BCUT2D eigenvalue weighted by molar-refractivity contribution is 7.90. The molecule has 2 heterocycles. The predicted molar refractivity (Wildman–Crippen MR) is 100 cm³/mol. The lowest BCUT2D eigenvalue weighted by Gasteiger charge is -2.23. The number of carbonyl (C=O) groups excluding carboxylic acids is 1. The molecule has 7 nitrogen and oxygen atoms in total. The maximum Gasteiger partial charge on any atom is 0.224 e.